The van der Waals surface area contributed by atoms with Gasteiger partial charge >= 0.3 is 8.18 Å². The first-order valence-electron chi connectivity index (χ1n) is 4.43. The molecule has 1 heterocycles. The fourth-order valence-electron chi connectivity index (χ4n) is 1.13. The van der Waals surface area contributed by atoms with Crippen LogP contribution in [0, 0.1) is 0 Å². The van der Waals surface area contributed by atoms with Gasteiger partial charge in [-0.1, -0.05) is 0 Å². The number of rotatable bonds is 4. The molecule has 0 radical (unpaired) electrons. The molecule has 7 heteroatoms. The molecule has 0 aromatic heterocycles. The normalized spacial score (nSPS) is 17.6. The zero-order valence-electron chi connectivity index (χ0n) is 8.63. The zero-order chi connectivity index (χ0) is 10.6. The van der Waals surface area contributed by atoms with Gasteiger partial charge in [0.1, 0.15) is 0 Å². The molecule has 0 aromatic rings. The summed E-state index contributed by atoms with van der Waals surface area (Å²) in [6.07, 6.45) is 0. The van der Waals surface area contributed by atoms with E-state index in [1.54, 1.807) is 6.92 Å². The predicted octanol–water partition coefficient (Wildman–Crippen LogP) is 0.845. The van der Waals surface area contributed by atoms with Gasteiger partial charge in [-0.05, 0) is 6.92 Å². The first-order valence-corrected chi connectivity index (χ1v) is 5.56. The van der Waals surface area contributed by atoms with Gasteiger partial charge in [-0.25, -0.2) is 0 Å². The molecule has 14 heavy (non-hydrogen) atoms. The van der Waals surface area contributed by atoms with E-state index >= 15 is 0 Å². The lowest BCUT2D eigenvalue weighted by atomic mass is 10.6. The van der Waals surface area contributed by atoms with Crippen molar-refractivity contribution in [3.8, 4) is 0 Å². The van der Waals surface area contributed by atoms with Crippen LogP contribution in [0.5, 0.6) is 0 Å². The number of guanidine groups is 1. The van der Waals surface area contributed by atoms with Crippen molar-refractivity contribution in [3.63, 3.8) is 0 Å². The third-order valence-corrected chi connectivity index (χ3v) is 2.43. The molecule has 1 atom stereocenters. The number of nitrogens with zero attached hydrogens (tertiary/aromatic N) is 3. The SMILES string of the molecule is CCOO[P+](=O)N=C1N(C)CCN1C. The van der Waals surface area contributed by atoms with E-state index in [4.69, 9.17) is 0 Å². The molecule has 1 saturated heterocycles. The van der Waals surface area contributed by atoms with Crippen LogP contribution < -0.4 is 0 Å². The van der Waals surface area contributed by atoms with Crippen LogP contribution in [0.1, 0.15) is 6.92 Å². The Hall–Kier alpha value is -0.710. The number of hydrogen-bond donors (Lipinski definition) is 0. The summed E-state index contributed by atoms with van der Waals surface area (Å²) in [6, 6.07) is 0. The first-order chi connectivity index (χ1) is 6.65. The van der Waals surface area contributed by atoms with Crippen molar-refractivity contribution >= 4 is 14.1 Å². The fraction of sp³-hybridized carbons (Fsp3) is 0.857. The summed E-state index contributed by atoms with van der Waals surface area (Å²) in [5, 5.41) is 0. The topological polar surface area (TPSA) is 54.4 Å². The smallest absolute Gasteiger partial charge is 0.341 e. The largest absolute Gasteiger partial charge is 0.704 e. The third kappa shape index (κ3) is 2.90. The fourth-order valence-corrected chi connectivity index (χ4v) is 1.81. The molecule has 6 nitrogen and oxygen atoms in total. The quantitative estimate of drug-likeness (QED) is 0.399. The lowest BCUT2D eigenvalue weighted by molar-refractivity contribution is -0.196. The van der Waals surface area contributed by atoms with Gasteiger partial charge in [0.15, 0.2) is 0 Å². The van der Waals surface area contributed by atoms with E-state index in [1.165, 1.54) is 0 Å². The van der Waals surface area contributed by atoms with E-state index in [9.17, 15) is 4.57 Å². The van der Waals surface area contributed by atoms with Crippen molar-refractivity contribution in [2.75, 3.05) is 33.8 Å². The number of hydrogen-bond acceptors (Lipinski definition) is 3. The molecule has 1 aliphatic heterocycles. The molecule has 1 rings (SSSR count). The van der Waals surface area contributed by atoms with Crippen LogP contribution in [-0.2, 0) is 14.1 Å². The molecule has 0 aromatic carbocycles. The average molecular weight is 220 g/mol. The Kier molecular flexibility index (Phi) is 4.25. The van der Waals surface area contributed by atoms with Gasteiger partial charge < -0.3 is 9.80 Å². The highest BCUT2D eigenvalue weighted by molar-refractivity contribution is 7.37. The average Bonchev–Trinajstić information content (AvgIpc) is 2.46. The molecule has 0 amide bonds. The van der Waals surface area contributed by atoms with Gasteiger partial charge in [0, 0.05) is 36.5 Å². The summed E-state index contributed by atoms with van der Waals surface area (Å²) in [4.78, 5) is 8.39. The Bertz CT molecular complexity index is 234. The minimum absolute atomic E-state index is 0.359. The maximum atomic E-state index is 11.2. The molecule has 1 aliphatic rings. The predicted molar refractivity (Wildman–Crippen MR) is 53.0 cm³/mol. The van der Waals surface area contributed by atoms with Crippen LogP contribution in [0.4, 0.5) is 0 Å². The number of likely N-dealkylation sites (N-methyl/N-ethyl adjacent to an activating group) is 2. The van der Waals surface area contributed by atoms with E-state index < -0.39 is 8.18 Å². The maximum absolute atomic E-state index is 11.2. The van der Waals surface area contributed by atoms with Gasteiger partial charge in [-0.3, -0.25) is 0 Å². The van der Waals surface area contributed by atoms with Gasteiger partial charge in [0.2, 0.25) is 0 Å². The molecule has 0 aliphatic carbocycles. The Labute approximate surface area is 84.3 Å². The highest BCUT2D eigenvalue weighted by atomic mass is 31.1. The highest BCUT2D eigenvalue weighted by Crippen LogP contribution is 2.26. The summed E-state index contributed by atoms with van der Waals surface area (Å²) in [7, 11) is 1.67. The van der Waals surface area contributed by atoms with Crippen molar-refractivity contribution in [2.24, 2.45) is 4.76 Å². The van der Waals surface area contributed by atoms with Crippen LogP contribution in [0.25, 0.3) is 0 Å². The van der Waals surface area contributed by atoms with E-state index in [0.29, 0.717) is 12.6 Å². The van der Waals surface area contributed by atoms with Crippen LogP contribution in [0.3, 0.4) is 0 Å². The first kappa shape index (κ1) is 11.4. The van der Waals surface area contributed by atoms with Gasteiger partial charge in [0.25, 0.3) is 5.96 Å². The van der Waals surface area contributed by atoms with Crippen molar-refractivity contribution < 1.29 is 14.1 Å². The van der Waals surface area contributed by atoms with Crippen LogP contribution in [0.15, 0.2) is 4.76 Å². The van der Waals surface area contributed by atoms with Crippen LogP contribution >= 0.6 is 8.18 Å². The summed E-state index contributed by atoms with van der Waals surface area (Å²) in [5.74, 6) is 0.672. The third-order valence-electron chi connectivity index (χ3n) is 1.86. The second-order valence-electron chi connectivity index (χ2n) is 2.96. The second kappa shape index (κ2) is 5.24. The van der Waals surface area contributed by atoms with Crippen molar-refractivity contribution in [3.05, 3.63) is 0 Å². The summed E-state index contributed by atoms with van der Waals surface area (Å²) < 4.78 is 19.6. The molecular weight excluding hydrogens is 205 g/mol. The van der Waals surface area contributed by atoms with E-state index in [0.717, 1.165) is 13.1 Å². The maximum Gasteiger partial charge on any atom is 0.704 e. The minimum Gasteiger partial charge on any atom is -0.341 e. The molecule has 1 fully saturated rings. The highest BCUT2D eigenvalue weighted by Gasteiger charge is 2.28. The summed E-state index contributed by atoms with van der Waals surface area (Å²) >= 11 is 0. The van der Waals surface area contributed by atoms with Crippen molar-refractivity contribution in [1.29, 1.82) is 0 Å². The van der Waals surface area contributed by atoms with E-state index in [-0.39, 0.29) is 0 Å². The second-order valence-corrected chi connectivity index (χ2v) is 3.79. The van der Waals surface area contributed by atoms with Crippen molar-refractivity contribution in [2.45, 2.75) is 6.92 Å². The van der Waals surface area contributed by atoms with E-state index in [2.05, 4.69) is 14.3 Å². The van der Waals surface area contributed by atoms with Gasteiger partial charge in [0.05, 0.1) is 11.3 Å². The molecule has 80 valence electrons. The molecular formula is C7H15N3O3P+. The van der Waals surface area contributed by atoms with Gasteiger partial charge in [-0.15, -0.1) is 0 Å². The Morgan fingerprint density at radius 2 is 2.00 bits per heavy atom. The lowest BCUT2D eigenvalue weighted by Gasteiger charge is -2.11. The Balaban J connectivity index is 2.53. The lowest BCUT2D eigenvalue weighted by Crippen LogP contribution is -2.27. The Morgan fingerprint density at radius 1 is 1.43 bits per heavy atom. The molecule has 0 spiro atoms. The van der Waals surface area contributed by atoms with Crippen LogP contribution in [-0.4, -0.2) is 49.6 Å². The van der Waals surface area contributed by atoms with E-state index in [1.807, 2.05) is 23.9 Å². The molecule has 1 unspecified atom stereocenters. The van der Waals surface area contributed by atoms with Crippen LogP contribution in [0.2, 0.25) is 0 Å². The zero-order valence-corrected chi connectivity index (χ0v) is 9.53. The van der Waals surface area contributed by atoms with Gasteiger partial charge in [-0.2, -0.15) is 4.89 Å². The Morgan fingerprint density at radius 3 is 2.50 bits per heavy atom. The summed E-state index contributed by atoms with van der Waals surface area (Å²) in [6.45, 7) is 3.88. The molecule has 0 bridgehead atoms. The monoisotopic (exact) mass is 220 g/mol. The van der Waals surface area contributed by atoms with Crippen molar-refractivity contribution in [1.82, 2.24) is 9.80 Å². The molecule has 0 saturated carbocycles. The standard InChI is InChI=1S/C7H15N3O3P/c1-4-12-13-14(11)8-7-9(2)5-6-10(7)3/h4-6H2,1-3H3/q+1. The summed E-state index contributed by atoms with van der Waals surface area (Å²) in [5.41, 5.74) is 0. The molecule has 0 N–H and O–H groups in total. The minimum atomic E-state index is -2.12.